The Hall–Kier alpha value is -0.280. The Bertz CT molecular complexity index is 303. The van der Waals surface area contributed by atoms with Crippen LogP contribution in [0.15, 0.2) is 0 Å². The van der Waals surface area contributed by atoms with Crippen LogP contribution in [0.4, 0.5) is 0 Å². The average Bonchev–Trinajstić information content (AvgIpc) is 2.41. The molecule has 0 aliphatic heterocycles. The summed E-state index contributed by atoms with van der Waals surface area (Å²) in [6.07, 6.45) is 10.3. The van der Waals surface area contributed by atoms with E-state index in [0.29, 0.717) is 24.3 Å². The quantitative estimate of drug-likeness (QED) is 0.869. The normalized spacial score (nSPS) is 34.1. The number of nitrogens with zero attached hydrogens (tertiary/aromatic N) is 1. The number of hydrogen-bond acceptors (Lipinski definition) is 2. The maximum absolute atomic E-state index is 12.4. The predicted molar refractivity (Wildman–Crippen MR) is 86.0 cm³/mol. The monoisotopic (exact) mass is 302 g/mol. The first-order valence-corrected chi connectivity index (χ1v) is 8.09. The van der Waals surface area contributed by atoms with Crippen LogP contribution < -0.4 is 5.73 Å². The highest BCUT2D eigenvalue weighted by Gasteiger charge is 2.29. The number of amides is 1. The third-order valence-corrected chi connectivity index (χ3v) is 5.33. The van der Waals surface area contributed by atoms with Crippen molar-refractivity contribution in [2.24, 2.45) is 17.6 Å². The SMILES string of the molecule is CC1CCC(N(C)C(=O)CC2CCCCC2N)CC1.Cl. The Balaban J connectivity index is 0.00000200. The molecule has 0 heterocycles. The van der Waals surface area contributed by atoms with Gasteiger partial charge in [-0.05, 0) is 50.4 Å². The van der Waals surface area contributed by atoms with Crippen LogP contribution in [-0.4, -0.2) is 29.9 Å². The lowest BCUT2D eigenvalue weighted by molar-refractivity contribution is -0.134. The first kappa shape index (κ1) is 17.8. The van der Waals surface area contributed by atoms with E-state index in [-0.39, 0.29) is 18.4 Å². The molecule has 0 spiro atoms. The Kier molecular flexibility index (Phi) is 7.32. The maximum atomic E-state index is 12.4. The Labute approximate surface area is 130 Å². The molecule has 4 heteroatoms. The fraction of sp³-hybridized carbons (Fsp3) is 0.938. The number of carbonyl (C=O) groups excluding carboxylic acids is 1. The minimum atomic E-state index is 0. The van der Waals surface area contributed by atoms with Crippen LogP contribution in [0, 0.1) is 11.8 Å². The van der Waals surface area contributed by atoms with Gasteiger partial charge in [-0.3, -0.25) is 4.79 Å². The molecule has 2 N–H and O–H groups in total. The van der Waals surface area contributed by atoms with Crippen molar-refractivity contribution in [3.05, 3.63) is 0 Å². The summed E-state index contributed by atoms with van der Waals surface area (Å²) in [5, 5.41) is 0. The fourth-order valence-corrected chi connectivity index (χ4v) is 3.69. The molecule has 2 atom stereocenters. The van der Waals surface area contributed by atoms with Crippen LogP contribution in [0.25, 0.3) is 0 Å². The third-order valence-electron chi connectivity index (χ3n) is 5.33. The average molecular weight is 303 g/mol. The van der Waals surface area contributed by atoms with Crippen LogP contribution in [0.1, 0.15) is 64.7 Å². The molecule has 2 aliphatic rings. The third kappa shape index (κ3) is 4.63. The van der Waals surface area contributed by atoms with Gasteiger partial charge in [-0.15, -0.1) is 12.4 Å². The summed E-state index contributed by atoms with van der Waals surface area (Å²) in [5.41, 5.74) is 6.15. The molecule has 3 nitrogen and oxygen atoms in total. The van der Waals surface area contributed by atoms with E-state index >= 15 is 0 Å². The zero-order valence-corrected chi connectivity index (χ0v) is 13.8. The second-order valence-electron chi connectivity index (χ2n) is 6.83. The van der Waals surface area contributed by atoms with Crippen LogP contribution in [0.3, 0.4) is 0 Å². The van der Waals surface area contributed by atoms with Gasteiger partial charge in [0.05, 0.1) is 0 Å². The summed E-state index contributed by atoms with van der Waals surface area (Å²) < 4.78 is 0. The number of rotatable bonds is 3. The highest BCUT2D eigenvalue weighted by molar-refractivity contribution is 5.85. The van der Waals surface area contributed by atoms with E-state index in [1.54, 1.807) is 0 Å². The number of carbonyl (C=O) groups is 1. The van der Waals surface area contributed by atoms with Crippen LogP contribution in [-0.2, 0) is 4.79 Å². The molecule has 2 aliphatic carbocycles. The highest BCUT2D eigenvalue weighted by atomic mass is 35.5. The van der Waals surface area contributed by atoms with Gasteiger partial charge in [0.1, 0.15) is 0 Å². The lowest BCUT2D eigenvalue weighted by Crippen LogP contribution is -2.42. The molecular formula is C16H31ClN2O. The van der Waals surface area contributed by atoms with Gasteiger partial charge in [0.2, 0.25) is 5.91 Å². The van der Waals surface area contributed by atoms with Crippen molar-refractivity contribution in [2.75, 3.05) is 7.05 Å². The van der Waals surface area contributed by atoms with Crippen molar-refractivity contribution >= 4 is 18.3 Å². The molecule has 0 aromatic heterocycles. The van der Waals surface area contributed by atoms with E-state index in [9.17, 15) is 4.79 Å². The van der Waals surface area contributed by atoms with Crippen molar-refractivity contribution in [2.45, 2.75) is 76.8 Å². The van der Waals surface area contributed by atoms with Gasteiger partial charge >= 0.3 is 0 Å². The molecule has 2 unspecified atom stereocenters. The van der Waals surface area contributed by atoms with Gasteiger partial charge in [0, 0.05) is 25.6 Å². The first-order valence-electron chi connectivity index (χ1n) is 8.09. The van der Waals surface area contributed by atoms with E-state index in [0.717, 1.165) is 18.8 Å². The van der Waals surface area contributed by atoms with E-state index in [1.807, 2.05) is 11.9 Å². The molecule has 2 fully saturated rings. The fourth-order valence-electron chi connectivity index (χ4n) is 3.69. The van der Waals surface area contributed by atoms with Crippen molar-refractivity contribution in [1.82, 2.24) is 4.90 Å². The van der Waals surface area contributed by atoms with Gasteiger partial charge in [-0.1, -0.05) is 19.8 Å². The Morgan fingerprint density at radius 3 is 2.30 bits per heavy atom. The summed E-state index contributed by atoms with van der Waals surface area (Å²) in [5.74, 6) is 1.58. The van der Waals surface area contributed by atoms with Gasteiger partial charge in [-0.2, -0.15) is 0 Å². The maximum Gasteiger partial charge on any atom is 0.222 e. The molecule has 1 amide bonds. The molecular weight excluding hydrogens is 272 g/mol. The molecule has 0 radical (unpaired) electrons. The molecule has 0 aromatic rings. The minimum absolute atomic E-state index is 0. The topological polar surface area (TPSA) is 46.3 Å². The smallest absolute Gasteiger partial charge is 0.222 e. The number of hydrogen-bond donors (Lipinski definition) is 1. The van der Waals surface area contributed by atoms with Crippen LogP contribution in [0.5, 0.6) is 0 Å². The van der Waals surface area contributed by atoms with E-state index < -0.39 is 0 Å². The first-order chi connectivity index (χ1) is 9.08. The molecule has 118 valence electrons. The van der Waals surface area contributed by atoms with Crippen molar-refractivity contribution in [3.8, 4) is 0 Å². The van der Waals surface area contributed by atoms with Crippen molar-refractivity contribution < 1.29 is 4.79 Å². The molecule has 20 heavy (non-hydrogen) atoms. The number of nitrogens with two attached hydrogens (primary N) is 1. The summed E-state index contributed by atoms with van der Waals surface area (Å²) in [6, 6.07) is 0.723. The zero-order chi connectivity index (χ0) is 13.8. The molecule has 0 bridgehead atoms. The molecule has 2 rings (SSSR count). The molecule has 0 saturated heterocycles. The predicted octanol–water partition coefficient (Wildman–Crippen LogP) is 3.35. The van der Waals surface area contributed by atoms with Crippen LogP contribution >= 0.6 is 12.4 Å². The van der Waals surface area contributed by atoms with Crippen molar-refractivity contribution in [1.29, 1.82) is 0 Å². The summed E-state index contributed by atoms with van der Waals surface area (Å²) in [6.45, 7) is 2.32. The summed E-state index contributed by atoms with van der Waals surface area (Å²) in [7, 11) is 2.00. The highest BCUT2D eigenvalue weighted by Crippen LogP contribution is 2.29. The van der Waals surface area contributed by atoms with Crippen molar-refractivity contribution in [3.63, 3.8) is 0 Å². The summed E-state index contributed by atoms with van der Waals surface area (Å²) in [4.78, 5) is 14.4. The molecule has 2 saturated carbocycles. The lowest BCUT2D eigenvalue weighted by atomic mass is 9.82. The largest absolute Gasteiger partial charge is 0.343 e. The van der Waals surface area contributed by atoms with Gasteiger partial charge in [0.15, 0.2) is 0 Å². The standard InChI is InChI=1S/C16H30N2O.ClH/c1-12-7-9-14(10-8-12)18(2)16(19)11-13-5-3-4-6-15(13)17;/h12-15H,3-11,17H2,1-2H3;1H. The second kappa shape index (κ2) is 8.23. The zero-order valence-electron chi connectivity index (χ0n) is 13.0. The minimum Gasteiger partial charge on any atom is -0.343 e. The van der Waals surface area contributed by atoms with Crippen LogP contribution in [0.2, 0.25) is 0 Å². The second-order valence-corrected chi connectivity index (χ2v) is 6.83. The van der Waals surface area contributed by atoms with E-state index in [2.05, 4.69) is 6.92 Å². The summed E-state index contributed by atoms with van der Waals surface area (Å²) >= 11 is 0. The molecule has 0 aromatic carbocycles. The van der Waals surface area contributed by atoms with E-state index in [1.165, 1.54) is 38.5 Å². The van der Waals surface area contributed by atoms with E-state index in [4.69, 9.17) is 5.73 Å². The van der Waals surface area contributed by atoms with Gasteiger partial charge < -0.3 is 10.6 Å². The Morgan fingerprint density at radius 1 is 1.10 bits per heavy atom. The number of halogens is 1. The van der Waals surface area contributed by atoms with Gasteiger partial charge in [0.25, 0.3) is 0 Å². The Morgan fingerprint density at radius 2 is 1.70 bits per heavy atom. The van der Waals surface area contributed by atoms with Gasteiger partial charge in [-0.25, -0.2) is 0 Å². The lowest BCUT2D eigenvalue weighted by Gasteiger charge is -2.35.